The van der Waals surface area contributed by atoms with Gasteiger partial charge in [-0.2, -0.15) is 0 Å². The maximum absolute atomic E-state index is 10.7. The van der Waals surface area contributed by atoms with Gasteiger partial charge < -0.3 is 0 Å². The molecule has 2 aromatic rings. The SMILES string of the molecule is CC.CCC.Cc1ccc([N+](=O)[O-])c2ccccc12. The van der Waals surface area contributed by atoms with Gasteiger partial charge in [-0.15, -0.1) is 0 Å². The standard InChI is InChI=1S/C11H9NO2.C3H8.C2H6/c1-8-6-7-11(12(13)14)10-5-3-2-4-9(8)10;1-3-2;1-2/h2-7H,1H3;3H2,1-2H3;1-2H3. The monoisotopic (exact) mass is 261 g/mol. The predicted octanol–water partition coefficient (Wildman–Crippen LogP) is 5.50. The Morgan fingerprint density at radius 3 is 1.95 bits per heavy atom. The van der Waals surface area contributed by atoms with Crippen LogP contribution in [0.4, 0.5) is 5.69 Å². The van der Waals surface area contributed by atoms with Crippen LogP contribution in [0.5, 0.6) is 0 Å². The Hall–Kier alpha value is -1.90. The highest BCUT2D eigenvalue weighted by Gasteiger charge is 2.11. The third-order valence-electron chi connectivity index (χ3n) is 2.32. The minimum absolute atomic E-state index is 0.172. The number of hydrogen-bond acceptors (Lipinski definition) is 2. The van der Waals surface area contributed by atoms with Crippen molar-refractivity contribution in [3.8, 4) is 0 Å². The first-order chi connectivity index (χ1) is 9.11. The molecular weight excluding hydrogens is 238 g/mol. The molecule has 0 heterocycles. The number of fused-ring (bicyclic) bond motifs is 1. The van der Waals surface area contributed by atoms with E-state index in [9.17, 15) is 10.1 Å². The van der Waals surface area contributed by atoms with Crippen molar-refractivity contribution < 1.29 is 4.92 Å². The molecule has 104 valence electrons. The smallest absolute Gasteiger partial charge is 0.258 e. The summed E-state index contributed by atoms with van der Waals surface area (Å²) in [4.78, 5) is 10.4. The molecule has 0 amide bonds. The summed E-state index contributed by atoms with van der Waals surface area (Å²) in [7, 11) is 0. The van der Waals surface area contributed by atoms with E-state index in [-0.39, 0.29) is 10.6 Å². The van der Waals surface area contributed by atoms with Crippen LogP contribution in [-0.2, 0) is 0 Å². The molecule has 2 aromatic carbocycles. The van der Waals surface area contributed by atoms with Gasteiger partial charge in [0.1, 0.15) is 0 Å². The van der Waals surface area contributed by atoms with E-state index in [1.807, 2.05) is 39.0 Å². The predicted molar refractivity (Wildman–Crippen MR) is 82.7 cm³/mol. The van der Waals surface area contributed by atoms with E-state index in [2.05, 4.69) is 13.8 Å². The average molecular weight is 261 g/mol. The molecule has 2 rings (SSSR count). The number of nitrogens with zero attached hydrogens (tertiary/aromatic N) is 1. The van der Waals surface area contributed by atoms with Gasteiger partial charge in [0.25, 0.3) is 5.69 Å². The maximum atomic E-state index is 10.7. The molecule has 0 bridgehead atoms. The van der Waals surface area contributed by atoms with Crippen LogP contribution in [0.3, 0.4) is 0 Å². The van der Waals surface area contributed by atoms with Crippen molar-refractivity contribution in [1.82, 2.24) is 0 Å². The van der Waals surface area contributed by atoms with E-state index < -0.39 is 0 Å². The van der Waals surface area contributed by atoms with E-state index in [1.54, 1.807) is 18.2 Å². The lowest BCUT2D eigenvalue weighted by Gasteiger charge is -2.01. The number of benzene rings is 2. The fourth-order valence-corrected chi connectivity index (χ4v) is 1.59. The summed E-state index contributed by atoms with van der Waals surface area (Å²) in [6, 6.07) is 10.7. The Morgan fingerprint density at radius 2 is 1.47 bits per heavy atom. The number of rotatable bonds is 1. The lowest BCUT2D eigenvalue weighted by molar-refractivity contribution is -0.383. The second kappa shape index (κ2) is 9.09. The van der Waals surface area contributed by atoms with Gasteiger partial charge >= 0.3 is 0 Å². The van der Waals surface area contributed by atoms with Crippen LogP contribution in [0, 0.1) is 17.0 Å². The first-order valence-electron chi connectivity index (χ1n) is 6.74. The van der Waals surface area contributed by atoms with Crippen molar-refractivity contribution in [2.75, 3.05) is 0 Å². The summed E-state index contributed by atoms with van der Waals surface area (Å²) in [6.45, 7) is 10.2. The Balaban J connectivity index is 0.000000573. The van der Waals surface area contributed by atoms with E-state index in [4.69, 9.17) is 0 Å². The number of nitro groups is 1. The van der Waals surface area contributed by atoms with Crippen molar-refractivity contribution in [1.29, 1.82) is 0 Å². The normalized spacial score (nSPS) is 8.89. The average Bonchev–Trinajstić information content (AvgIpc) is 2.42. The molecule has 0 N–H and O–H groups in total. The second-order valence-corrected chi connectivity index (χ2v) is 3.91. The Labute approximate surface area is 115 Å². The van der Waals surface area contributed by atoms with E-state index in [1.165, 1.54) is 6.42 Å². The van der Waals surface area contributed by atoms with Crippen molar-refractivity contribution in [2.45, 2.75) is 41.0 Å². The van der Waals surface area contributed by atoms with E-state index in [0.29, 0.717) is 5.39 Å². The number of nitro benzene ring substituents is 1. The zero-order valence-electron chi connectivity index (χ0n) is 12.4. The van der Waals surface area contributed by atoms with Crippen LogP contribution in [-0.4, -0.2) is 4.92 Å². The van der Waals surface area contributed by atoms with E-state index in [0.717, 1.165) is 10.9 Å². The first-order valence-corrected chi connectivity index (χ1v) is 6.74. The number of aryl methyl sites for hydroxylation is 1. The van der Waals surface area contributed by atoms with Gasteiger partial charge in [-0.25, -0.2) is 0 Å². The van der Waals surface area contributed by atoms with Gasteiger partial charge in [0.15, 0.2) is 0 Å². The fraction of sp³-hybridized carbons (Fsp3) is 0.375. The summed E-state index contributed by atoms with van der Waals surface area (Å²) >= 11 is 0. The maximum Gasteiger partial charge on any atom is 0.277 e. The molecular formula is C16H23NO2. The summed E-state index contributed by atoms with van der Waals surface area (Å²) in [6.07, 6.45) is 1.25. The van der Waals surface area contributed by atoms with Gasteiger partial charge in [-0.05, 0) is 23.9 Å². The molecule has 3 heteroatoms. The highest BCUT2D eigenvalue weighted by atomic mass is 16.6. The summed E-state index contributed by atoms with van der Waals surface area (Å²) in [5.41, 5.74) is 1.23. The lowest BCUT2D eigenvalue weighted by Crippen LogP contribution is -1.90. The zero-order valence-corrected chi connectivity index (χ0v) is 12.4. The molecule has 19 heavy (non-hydrogen) atoms. The van der Waals surface area contributed by atoms with Gasteiger partial charge in [0, 0.05) is 6.07 Å². The Bertz CT molecular complexity index is 521. The van der Waals surface area contributed by atoms with Crippen LogP contribution in [0.2, 0.25) is 0 Å². The second-order valence-electron chi connectivity index (χ2n) is 3.91. The molecule has 0 aliphatic carbocycles. The molecule has 0 fully saturated rings. The van der Waals surface area contributed by atoms with Gasteiger partial charge in [-0.3, -0.25) is 10.1 Å². The zero-order chi connectivity index (χ0) is 14.8. The van der Waals surface area contributed by atoms with Crippen LogP contribution < -0.4 is 0 Å². The molecule has 0 spiro atoms. The number of non-ortho nitro benzene ring substituents is 1. The van der Waals surface area contributed by atoms with Crippen molar-refractivity contribution in [3.63, 3.8) is 0 Å². The highest BCUT2D eigenvalue weighted by molar-refractivity contribution is 5.93. The molecule has 0 aliphatic rings. The molecule has 0 radical (unpaired) electrons. The highest BCUT2D eigenvalue weighted by Crippen LogP contribution is 2.27. The molecule has 0 aliphatic heterocycles. The molecule has 3 nitrogen and oxygen atoms in total. The van der Waals surface area contributed by atoms with Crippen LogP contribution in [0.25, 0.3) is 10.8 Å². The third kappa shape index (κ3) is 4.70. The number of hydrogen-bond donors (Lipinski definition) is 0. The quantitative estimate of drug-likeness (QED) is 0.502. The Morgan fingerprint density at radius 1 is 1.00 bits per heavy atom. The largest absolute Gasteiger partial charge is 0.277 e. The molecule has 0 unspecified atom stereocenters. The molecule has 0 atom stereocenters. The fourth-order valence-electron chi connectivity index (χ4n) is 1.59. The van der Waals surface area contributed by atoms with Gasteiger partial charge in [-0.1, -0.05) is 58.4 Å². The summed E-state index contributed by atoms with van der Waals surface area (Å²) < 4.78 is 0. The van der Waals surface area contributed by atoms with Crippen LogP contribution in [0.15, 0.2) is 36.4 Å². The summed E-state index contributed by atoms with van der Waals surface area (Å²) in [5.74, 6) is 0. The minimum atomic E-state index is -0.345. The summed E-state index contributed by atoms with van der Waals surface area (Å²) in [5, 5.41) is 12.4. The first kappa shape index (κ1) is 17.1. The molecule has 0 aromatic heterocycles. The third-order valence-corrected chi connectivity index (χ3v) is 2.32. The molecule has 0 saturated heterocycles. The van der Waals surface area contributed by atoms with Crippen LogP contribution >= 0.6 is 0 Å². The van der Waals surface area contributed by atoms with Crippen LogP contribution in [0.1, 0.15) is 39.7 Å². The Kier molecular flexibility index (Phi) is 8.18. The van der Waals surface area contributed by atoms with Gasteiger partial charge in [0.05, 0.1) is 10.3 Å². The van der Waals surface area contributed by atoms with Crippen molar-refractivity contribution >= 4 is 16.5 Å². The minimum Gasteiger partial charge on any atom is -0.258 e. The molecule has 0 saturated carbocycles. The van der Waals surface area contributed by atoms with Gasteiger partial charge in [0.2, 0.25) is 0 Å². The lowest BCUT2D eigenvalue weighted by atomic mass is 10.0. The van der Waals surface area contributed by atoms with Crippen molar-refractivity contribution in [2.24, 2.45) is 0 Å². The van der Waals surface area contributed by atoms with E-state index >= 15 is 0 Å². The topological polar surface area (TPSA) is 43.1 Å². The van der Waals surface area contributed by atoms with Crippen molar-refractivity contribution in [3.05, 3.63) is 52.1 Å².